The number of ether oxygens (including phenoxy) is 1. The molecule has 2 N–H and O–H groups in total. The molecule has 0 aromatic heterocycles. The van der Waals surface area contributed by atoms with E-state index in [1.54, 1.807) is 0 Å². The zero-order valence-corrected chi connectivity index (χ0v) is 11.8. The largest absolute Gasteiger partial charge is 0.378 e. The van der Waals surface area contributed by atoms with Crippen molar-refractivity contribution in [3.63, 3.8) is 0 Å². The van der Waals surface area contributed by atoms with E-state index in [1.807, 2.05) is 26.0 Å². The van der Waals surface area contributed by atoms with Gasteiger partial charge in [-0.25, -0.2) is 0 Å². The molecule has 0 radical (unpaired) electrons. The molecule has 0 bridgehead atoms. The first kappa shape index (κ1) is 13.7. The van der Waals surface area contributed by atoms with Crippen LogP contribution in [0.3, 0.4) is 0 Å². The maximum Gasteiger partial charge on any atom is 0.0642 e. The number of hydrogen-bond acceptors (Lipinski definition) is 3. The van der Waals surface area contributed by atoms with E-state index in [9.17, 15) is 0 Å². The average molecular weight is 269 g/mol. The Labute approximate surface area is 114 Å². The number of anilines is 1. The van der Waals surface area contributed by atoms with Gasteiger partial charge in [-0.05, 0) is 44.0 Å². The molecule has 0 unspecified atom stereocenters. The van der Waals surface area contributed by atoms with Gasteiger partial charge in [-0.3, -0.25) is 0 Å². The Bertz CT molecular complexity index is 409. The molecule has 0 atom stereocenters. The molecule has 1 fully saturated rings. The SMILES string of the molecule is CC(C)(N)Cc1cc(Cl)ccc1N1CCOCC1. The van der Waals surface area contributed by atoms with Gasteiger partial charge in [-0.1, -0.05) is 11.6 Å². The summed E-state index contributed by atoms with van der Waals surface area (Å²) in [5.74, 6) is 0. The molecular formula is C14H21ClN2O. The summed E-state index contributed by atoms with van der Waals surface area (Å²) in [6.45, 7) is 7.51. The first-order valence-corrected chi connectivity index (χ1v) is 6.73. The lowest BCUT2D eigenvalue weighted by Gasteiger charge is -2.32. The van der Waals surface area contributed by atoms with Gasteiger partial charge >= 0.3 is 0 Å². The van der Waals surface area contributed by atoms with Crippen LogP contribution in [0.15, 0.2) is 18.2 Å². The van der Waals surface area contributed by atoms with E-state index in [1.165, 1.54) is 11.3 Å². The van der Waals surface area contributed by atoms with Gasteiger partial charge in [0.1, 0.15) is 0 Å². The number of morpholine rings is 1. The van der Waals surface area contributed by atoms with Gasteiger partial charge in [-0.2, -0.15) is 0 Å². The smallest absolute Gasteiger partial charge is 0.0642 e. The van der Waals surface area contributed by atoms with Gasteiger partial charge < -0.3 is 15.4 Å². The zero-order valence-electron chi connectivity index (χ0n) is 11.1. The van der Waals surface area contributed by atoms with Gasteiger partial charge in [-0.15, -0.1) is 0 Å². The Hall–Kier alpha value is -0.770. The lowest BCUT2D eigenvalue weighted by atomic mass is 9.94. The number of hydrogen-bond donors (Lipinski definition) is 1. The highest BCUT2D eigenvalue weighted by atomic mass is 35.5. The van der Waals surface area contributed by atoms with E-state index < -0.39 is 0 Å². The van der Waals surface area contributed by atoms with Crippen LogP contribution in [0.5, 0.6) is 0 Å². The van der Waals surface area contributed by atoms with E-state index in [4.69, 9.17) is 22.1 Å². The summed E-state index contributed by atoms with van der Waals surface area (Å²) in [7, 11) is 0. The molecule has 1 aromatic rings. The Morgan fingerprint density at radius 3 is 2.61 bits per heavy atom. The molecule has 0 spiro atoms. The van der Waals surface area contributed by atoms with Crippen LogP contribution in [0.25, 0.3) is 0 Å². The van der Waals surface area contributed by atoms with Gasteiger partial charge in [0.25, 0.3) is 0 Å². The van der Waals surface area contributed by atoms with E-state index in [0.29, 0.717) is 0 Å². The third kappa shape index (κ3) is 3.61. The summed E-state index contributed by atoms with van der Waals surface area (Å²) in [4.78, 5) is 2.35. The fourth-order valence-corrected chi connectivity index (χ4v) is 2.49. The molecular weight excluding hydrogens is 248 g/mol. The molecule has 100 valence electrons. The molecule has 3 nitrogen and oxygen atoms in total. The van der Waals surface area contributed by atoms with Crippen LogP contribution in [0.4, 0.5) is 5.69 Å². The van der Waals surface area contributed by atoms with Crippen LogP contribution in [-0.4, -0.2) is 31.8 Å². The lowest BCUT2D eigenvalue weighted by Crippen LogP contribution is -2.39. The second-order valence-corrected chi connectivity index (χ2v) is 5.97. The molecule has 18 heavy (non-hydrogen) atoms. The number of nitrogens with zero attached hydrogens (tertiary/aromatic N) is 1. The first-order chi connectivity index (χ1) is 8.46. The van der Waals surface area contributed by atoms with Gasteiger partial charge in [0.05, 0.1) is 13.2 Å². The van der Waals surface area contributed by atoms with Crippen molar-refractivity contribution < 1.29 is 4.74 Å². The topological polar surface area (TPSA) is 38.5 Å². The molecule has 1 aromatic carbocycles. The van der Waals surface area contributed by atoms with Gasteiger partial charge in [0, 0.05) is 29.3 Å². The molecule has 1 saturated heterocycles. The quantitative estimate of drug-likeness (QED) is 0.915. The fraction of sp³-hybridized carbons (Fsp3) is 0.571. The second-order valence-electron chi connectivity index (χ2n) is 5.54. The van der Waals surface area contributed by atoms with Crippen molar-refractivity contribution in [1.82, 2.24) is 0 Å². The minimum atomic E-state index is -0.230. The highest BCUT2D eigenvalue weighted by molar-refractivity contribution is 6.30. The van der Waals surface area contributed by atoms with Crippen LogP contribution in [0.2, 0.25) is 5.02 Å². The summed E-state index contributed by atoms with van der Waals surface area (Å²) in [6, 6.07) is 6.06. The van der Waals surface area contributed by atoms with Crippen molar-refractivity contribution in [3.8, 4) is 0 Å². The van der Waals surface area contributed by atoms with E-state index in [0.717, 1.165) is 37.7 Å². The van der Waals surface area contributed by atoms with Crippen molar-refractivity contribution in [2.24, 2.45) is 5.73 Å². The highest BCUT2D eigenvalue weighted by Crippen LogP contribution is 2.27. The maximum atomic E-state index is 6.13. The van der Waals surface area contributed by atoms with Gasteiger partial charge in [0.15, 0.2) is 0 Å². The number of halogens is 1. The minimum Gasteiger partial charge on any atom is -0.378 e. The molecule has 0 amide bonds. The van der Waals surface area contributed by atoms with Crippen LogP contribution in [-0.2, 0) is 11.2 Å². The van der Waals surface area contributed by atoms with Gasteiger partial charge in [0.2, 0.25) is 0 Å². The van der Waals surface area contributed by atoms with E-state index in [-0.39, 0.29) is 5.54 Å². The summed E-state index contributed by atoms with van der Waals surface area (Å²) < 4.78 is 5.39. The van der Waals surface area contributed by atoms with E-state index >= 15 is 0 Å². The van der Waals surface area contributed by atoms with Crippen LogP contribution in [0, 0.1) is 0 Å². The molecule has 2 rings (SSSR count). The molecule has 0 aliphatic carbocycles. The van der Waals surface area contributed by atoms with Crippen molar-refractivity contribution in [2.45, 2.75) is 25.8 Å². The Morgan fingerprint density at radius 2 is 2.00 bits per heavy atom. The standard InChI is InChI=1S/C14H21ClN2O/c1-14(2,16)10-11-9-12(15)3-4-13(11)17-5-7-18-8-6-17/h3-4,9H,5-8,10,16H2,1-2H3. The van der Waals surface area contributed by atoms with Crippen LogP contribution < -0.4 is 10.6 Å². The zero-order chi connectivity index (χ0) is 13.2. The average Bonchev–Trinajstić information content (AvgIpc) is 2.28. The molecule has 1 heterocycles. The number of rotatable bonds is 3. The third-order valence-corrected chi connectivity index (χ3v) is 3.27. The number of benzene rings is 1. The van der Waals surface area contributed by atoms with Crippen molar-refractivity contribution in [2.75, 3.05) is 31.2 Å². The Kier molecular flexibility index (Phi) is 4.15. The monoisotopic (exact) mass is 268 g/mol. The fourth-order valence-electron chi connectivity index (χ4n) is 2.30. The van der Waals surface area contributed by atoms with Crippen molar-refractivity contribution >= 4 is 17.3 Å². The normalized spacial score (nSPS) is 17.0. The summed E-state index contributed by atoms with van der Waals surface area (Å²) in [5, 5.41) is 0.770. The molecule has 1 aliphatic heterocycles. The van der Waals surface area contributed by atoms with Crippen LogP contribution >= 0.6 is 11.6 Å². The predicted octanol–water partition coefficient (Wildman–Crippen LogP) is 2.46. The highest BCUT2D eigenvalue weighted by Gasteiger charge is 2.19. The maximum absolute atomic E-state index is 6.13. The summed E-state index contributed by atoms with van der Waals surface area (Å²) >= 11 is 6.10. The van der Waals surface area contributed by atoms with Crippen molar-refractivity contribution in [1.29, 1.82) is 0 Å². The molecule has 1 aliphatic rings. The molecule has 4 heteroatoms. The summed E-state index contributed by atoms with van der Waals surface area (Å²) in [5.41, 5.74) is 8.36. The van der Waals surface area contributed by atoms with Crippen LogP contribution in [0.1, 0.15) is 19.4 Å². The van der Waals surface area contributed by atoms with Crippen molar-refractivity contribution in [3.05, 3.63) is 28.8 Å². The Balaban J connectivity index is 2.27. The minimum absolute atomic E-state index is 0.230. The Morgan fingerprint density at radius 1 is 1.33 bits per heavy atom. The lowest BCUT2D eigenvalue weighted by molar-refractivity contribution is 0.122. The second kappa shape index (κ2) is 5.47. The number of nitrogens with two attached hydrogens (primary N) is 1. The molecule has 0 saturated carbocycles. The van der Waals surface area contributed by atoms with E-state index in [2.05, 4.69) is 11.0 Å². The third-order valence-electron chi connectivity index (χ3n) is 3.04. The predicted molar refractivity (Wildman–Crippen MR) is 76.5 cm³/mol. The summed E-state index contributed by atoms with van der Waals surface area (Å²) in [6.07, 6.45) is 0.820. The first-order valence-electron chi connectivity index (χ1n) is 6.36.